The van der Waals surface area contributed by atoms with Gasteiger partial charge in [-0.05, 0) is 32.6 Å². The molecule has 0 bridgehead atoms. The third-order valence-electron chi connectivity index (χ3n) is 2.73. The van der Waals surface area contributed by atoms with Crippen LogP contribution in [0.25, 0.3) is 0 Å². The van der Waals surface area contributed by atoms with E-state index in [0.29, 0.717) is 6.54 Å². The van der Waals surface area contributed by atoms with Gasteiger partial charge < -0.3 is 15.7 Å². The summed E-state index contributed by atoms with van der Waals surface area (Å²) < 4.78 is 0. The molecule has 0 saturated heterocycles. The van der Waals surface area contributed by atoms with Crippen molar-refractivity contribution in [2.75, 3.05) is 6.54 Å². The molecular weight excluding hydrogens is 208 g/mol. The molecule has 1 aliphatic carbocycles. The largest absolute Gasteiger partial charge is 0.480 e. The van der Waals surface area contributed by atoms with Crippen LogP contribution >= 0.6 is 0 Å². The molecule has 0 aromatic rings. The van der Waals surface area contributed by atoms with Crippen molar-refractivity contribution >= 4 is 12.0 Å². The molecule has 0 unspecified atom stereocenters. The molecule has 3 N–H and O–H groups in total. The highest BCUT2D eigenvalue weighted by Gasteiger charge is 2.28. The number of urea groups is 1. The SMILES string of the molecule is CC(C)(NC(=O)NCCCC1CC1)C(=O)O. The van der Waals surface area contributed by atoms with E-state index in [-0.39, 0.29) is 0 Å². The maximum atomic E-state index is 11.3. The molecule has 0 aromatic heterocycles. The highest BCUT2D eigenvalue weighted by Crippen LogP contribution is 2.33. The molecule has 1 saturated carbocycles. The summed E-state index contributed by atoms with van der Waals surface area (Å²) >= 11 is 0. The third-order valence-corrected chi connectivity index (χ3v) is 2.73. The van der Waals surface area contributed by atoms with Crippen LogP contribution < -0.4 is 10.6 Å². The van der Waals surface area contributed by atoms with E-state index in [0.717, 1.165) is 18.8 Å². The van der Waals surface area contributed by atoms with E-state index in [1.54, 1.807) is 0 Å². The first kappa shape index (κ1) is 12.8. The number of aliphatic carboxylic acids is 1. The van der Waals surface area contributed by atoms with Crippen molar-refractivity contribution in [2.24, 2.45) is 5.92 Å². The molecule has 16 heavy (non-hydrogen) atoms. The van der Waals surface area contributed by atoms with E-state index >= 15 is 0 Å². The summed E-state index contributed by atoms with van der Waals surface area (Å²) in [5.74, 6) is -0.180. The van der Waals surface area contributed by atoms with Crippen molar-refractivity contribution in [2.45, 2.75) is 45.1 Å². The number of amides is 2. The molecule has 0 radical (unpaired) electrons. The van der Waals surface area contributed by atoms with Gasteiger partial charge in [0, 0.05) is 6.54 Å². The van der Waals surface area contributed by atoms with Gasteiger partial charge >= 0.3 is 12.0 Å². The topological polar surface area (TPSA) is 78.4 Å². The van der Waals surface area contributed by atoms with E-state index in [2.05, 4.69) is 10.6 Å². The molecule has 1 rings (SSSR count). The molecule has 2 amide bonds. The first-order valence-corrected chi connectivity index (χ1v) is 5.71. The molecule has 1 fully saturated rings. The lowest BCUT2D eigenvalue weighted by Crippen LogP contribution is -2.53. The molecule has 1 aliphatic rings. The number of carbonyl (C=O) groups excluding carboxylic acids is 1. The van der Waals surface area contributed by atoms with E-state index in [1.807, 2.05) is 0 Å². The van der Waals surface area contributed by atoms with Gasteiger partial charge in [-0.3, -0.25) is 0 Å². The van der Waals surface area contributed by atoms with Crippen LogP contribution in [-0.2, 0) is 4.79 Å². The average Bonchev–Trinajstić information content (AvgIpc) is 2.95. The standard InChI is InChI=1S/C11H20N2O3/c1-11(2,9(14)15)13-10(16)12-7-3-4-8-5-6-8/h8H,3-7H2,1-2H3,(H,14,15)(H2,12,13,16). The quantitative estimate of drug-likeness (QED) is 0.600. The Kier molecular flexibility index (Phi) is 4.15. The zero-order valence-corrected chi connectivity index (χ0v) is 9.88. The van der Waals surface area contributed by atoms with Crippen LogP contribution in [0.4, 0.5) is 4.79 Å². The van der Waals surface area contributed by atoms with Crippen molar-refractivity contribution in [1.82, 2.24) is 10.6 Å². The van der Waals surface area contributed by atoms with Crippen molar-refractivity contribution < 1.29 is 14.7 Å². The van der Waals surface area contributed by atoms with E-state index in [4.69, 9.17) is 5.11 Å². The minimum absolute atomic E-state index is 0.414. The van der Waals surface area contributed by atoms with E-state index in [1.165, 1.54) is 26.7 Å². The van der Waals surface area contributed by atoms with E-state index in [9.17, 15) is 9.59 Å². The highest BCUT2D eigenvalue weighted by molar-refractivity contribution is 5.85. The Morgan fingerprint density at radius 3 is 2.50 bits per heavy atom. The number of hydrogen-bond donors (Lipinski definition) is 3. The van der Waals surface area contributed by atoms with Crippen molar-refractivity contribution in [3.63, 3.8) is 0 Å². The van der Waals surface area contributed by atoms with Gasteiger partial charge in [0.1, 0.15) is 5.54 Å². The molecule has 0 atom stereocenters. The first-order valence-electron chi connectivity index (χ1n) is 5.71. The van der Waals surface area contributed by atoms with Gasteiger partial charge in [-0.2, -0.15) is 0 Å². The summed E-state index contributed by atoms with van der Waals surface area (Å²) in [6.07, 6.45) is 4.75. The Balaban J connectivity index is 2.11. The molecular formula is C11H20N2O3. The number of carbonyl (C=O) groups is 2. The predicted molar refractivity (Wildman–Crippen MR) is 60.2 cm³/mol. The Bertz CT molecular complexity index is 272. The molecule has 0 aromatic carbocycles. The Labute approximate surface area is 95.6 Å². The minimum atomic E-state index is -1.22. The summed E-state index contributed by atoms with van der Waals surface area (Å²) in [6, 6.07) is -0.414. The van der Waals surface area contributed by atoms with Crippen LogP contribution in [0.3, 0.4) is 0 Å². The Morgan fingerprint density at radius 2 is 2.00 bits per heavy atom. The number of carboxylic acid groups (broad SMARTS) is 1. The molecule has 0 heterocycles. The lowest BCUT2D eigenvalue weighted by Gasteiger charge is -2.21. The summed E-state index contributed by atoms with van der Waals surface area (Å²) in [5.41, 5.74) is -1.22. The molecule has 0 spiro atoms. The molecule has 0 aliphatic heterocycles. The van der Waals surface area contributed by atoms with Gasteiger partial charge in [-0.25, -0.2) is 9.59 Å². The second kappa shape index (κ2) is 5.18. The summed E-state index contributed by atoms with van der Waals surface area (Å²) in [4.78, 5) is 22.1. The lowest BCUT2D eigenvalue weighted by molar-refractivity contribution is -0.142. The van der Waals surface area contributed by atoms with Crippen molar-refractivity contribution in [3.8, 4) is 0 Å². The van der Waals surface area contributed by atoms with Crippen LogP contribution in [0.2, 0.25) is 0 Å². The maximum Gasteiger partial charge on any atom is 0.328 e. The van der Waals surface area contributed by atoms with Crippen LogP contribution in [0, 0.1) is 5.92 Å². The van der Waals surface area contributed by atoms with Gasteiger partial charge in [-0.15, -0.1) is 0 Å². The molecule has 5 heteroatoms. The zero-order valence-electron chi connectivity index (χ0n) is 9.88. The predicted octanol–water partition coefficient (Wildman–Crippen LogP) is 1.34. The van der Waals surface area contributed by atoms with Gasteiger partial charge in [0.05, 0.1) is 0 Å². The van der Waals surface area contributed by atoms with Crippen LogP contribution in [0.1, 0.15) is 39.5 Å². The first-order chi connectivity index (χ1) is 7.42. The Hall–Kier alpha value is -1.26. The van der Waals surface area contributed by atoms with Gasteiger partial charge in [0.25, 0.3) is 0 Å². The van der Waals surface area contributed by atoms with Crippen LogP contribution in [0.15, 0.2) is 0 Å². The number of carboxylic acids is 1. The molecule has 5 nitrogen and oxygen atoms in total. The number of rotatable bonds is 6. The molecule has 92 valence electrons. The monoisotopic (exact) mass is 228 g/mol. The zero-order chi connectivity index (χ0) is 12.2. The summed E-state index contributed by atoms with van der Waals surface area (Å²) in [7, 11) is 0. The number of nitrogens with one attached hydrogen (secondary N) is 2. The fourth-order valence-corrected chi connectivity index (χ4v) is 1.38. The minimum Gasteiger partial charge on any atom is -0.480 e. The second-order valence-corrected chi connectivity index (χ2v) is 4.90. The maximum absolute atomic E-state index is 11.3. The second-order valence-electron chi connectivity index (χ2n) is 4.90. The van der Waals surface area contributed by atoms with Crippen molar-refractivity contribution in [3.05, 3.63) is 0 Å². The normalized spacial score (nSPS) is 15.6. The lowest BCUT2D eigenvalue weighted by atomic mass is 10.1. The highest BCUT2D eigenvalue weighted by atomic mass is 16.4. The fourth-order valence-electron chi connectivity index (χ4n) is 1.38. The van der Waals surface area contributed by atoms with Gasteiger partial charge in [0.15, 0.2) is 0 Å². The third kappa shape index (κ3) is 4.51. The Morgan fingerprint density at radius 1 is 1.38 bits per heavy atom. The smallest absolute Gasteiger partial charge is 0.328 e. The van der Waals surface area contributed by atoms with Crippen LogP contribution in [0.5, 0.6) is 0 Å². The summed E-state index contributed by atoms with van der Waals surface area (Å²) in [5, 5.41) is 13.9. The van der Waals surface area contributed by atoms with Crippen LogP contribution in [-0.4, -0.2) is 29.2 Å². The van der Waals surface area contributed by atoms with Gasteiger partial charge in [-0.1, -0.05) is 12.8 Å². The fraction of sp³-hybridized carbons (Fsp3) is 0.818. The average molecular weight is 228 g/mol. The van der Waals surface area contributed by atoms with E-state index < -0.39 is 17.5 Å². The summed E-state index contributed by atoms with van der Waals surface area (Å²) in [6.45, 7) is 3.52. The van der Waals surface area contributed by atoms with Crippen molar-refractivity contribution in [1.29, 1.82) is 0 Å². The van der Waals surface area contributed by atoms with Gasteiger partial charge in [0.2, 0.25) is 0 Å². The number of hydrogen-bond acceptors (Lipinski definition) is 2.